The summed E-state index contributed by atoms with van der Waals surface area (Å²) in [5.74, 6) is 1.62. The molecule has 9 heteroatoms. The number of nitrogens with zero attached hydrogens (tertiary/aromatic N) is 4. The van der Waals surface area contributed by atoms with E-state index >= 15 is 0 Å². The molecule has 0 saturated heterocycles. The smallest absolute Gasteiger partial charge is 0.233 e. The average molecular weight is 475 g/mol. The lowest BCUT2D eigenvalue weighted by molar-refractivity contribution is -0.128. The molecule has 170 valence electrons. The Morgan fingerprint density at radius 2 is 2.00 bits per heavy atom. The fourth-order valence-electron chi connectivity index (χ4n) is 3.13. The highest BCUT2D eigenvalue weighted by atomic mass is 35.5. The number of methoxy groups -OCH3 is 1. The van der Waals surface area contributed by atoms with Crippen molar-refractivity contribution in [1.29, 1.82) is 0 Å². The normalized spacial score (nSPS) is 10.8. The summed E-state index contributed by atoms with van der Waals surface area (Å²) in [6.07, 6.45) is 1.62. The number of hydrogen-bond donors (Lipinski definition) is 0. The fourth-order valence-corrected chi connectivity index (χ4v) is 4.14. The second kappa shape index (κ2) is 11.2. The highest BCUT2D eigenvalue weighted by Crippen LogP contribution is 2.29. The average Bonchev–Trinajstić information content (AvgIpc) is 3.27. The van der Waals surface area contributed by atoms with Crippen molar-refractivity contribution in [3.05, 3.63) is 58.9 Å². The highest BCUT2D eigenvalue weighted by Gasteiger charge is 2.17. The van der Waals surface area contributed by atoms with Gasteiger partial charge in [0.2, 0.25) is 5.91 Å². The van der Waals surface area contributed by atoms with Crippen molar-refractivity contribution >= 4 is 29.3 Å². The van der Waals surface area contributed by atoms with Crippen molar-refractivity contribution in [1.82, 2.24) is 19.7 Å². The molecule has 0 saturated carbocycles. The lowest BCUT2D eigenvalue weighted by atomic mass is 10.2. The van der Waals surface area contributed by atoms with Gasteiger partial charge in [-0.25, -0.2) is 0 Å². The van der Waals surface area contributed by atoms with Gasteiger partial charge < -0.3 is 14.4 Å². The van der Waals surface area contributed by atoms with Gasteiger partial charge in [0, 0.05) is 18.1 Å². The van der Waals surface area contributed by atoms with Crippen molar-refractivity contribution in [2.75, 3.05) is 26.0 Å². The van der Waals surface area contributed by atoms with Crippen molar-refractivity contribution in [2.45, 2.75) is 32.5 Å². The molecule has 2 aromatic carbocycles. The summed E-state index contributed by atoms with van der Waals surface area (Å²) in [6, 6.07) is 11.5. The zero-order chi connectivity index (χ0) is 23.1. The number of amides is 1. The van der Waals surface area contributed by atoms with Gasteiger partial charge in [0.15, 0.2) is 16.7 Å². The first-order valence-corrected chi connectivity index (χ1v) is 11.7. The third kappa shape index (κ3) is 5.75. The number of rotatable bonds is 10. The summed E-state index contributed by atoms with van der Waals surface area (Å²) in [4.78, 5) is 14.7. The molecule has 3 aromatic rings. The van der Waals surface area contributed by atoms with E-state index in [-0.39, 0.29) is 11.7 Å². The van der Waals surface area contributed by atoms with E-state index in [0.717, 1.165) is 16.8 Å². The number of aromatic nitrogens is 3. The number of halogens is 1. The fraction of sp³-hybridized carbons (Fsp3) is 0.348. The summed E-state index contributed by atoms with van der Waals surface area (Å²) < 4.78 is 12.8. The molecule has 0 N–H and O–H groups in total. The molecule has 0 unspecified atom stereocenters. The molecule has 0 fully saturated rings. The molecule has 0 bridgehead atoms. The van der Waals surface area contributed by atoms with Crippen LogP contribution in [0.2, 0.25) is 5.02 Å². The molecule has 1 heterocycles. The maximum Gasteiger partial charge on any atom is 0.233 e. The Hall–Kier alpha value is -2.71. The van der Waals surface area contributed by atoms with E-state index in [1.165, 1.54) is 11.8 Å². The minimum atomic E-state index is 0.0156. The molecule has 0 atom stereocenters. The second-order valence-corrected chi connectivity index (χ2v) is 8.38. The summed E-state index contributed by atoms with van der Waals surface area (Å²) in [6.45, 7) is 7.48. The van der Waals surface area contributed by atoms with E-state index in [0.29, 0.717) is 41.4 Å². The van der Waals surface area contributed by atoms with Crippen molar-refractivity contribution in [3.8, 4) is 17.2 Å². The number of benzene rings is 2. The molecular formula is C23H27ClN4O3S. The predicted octanol–water partition coefficient (Wildman–Crippen LogP) is 4.78. The Balaban J connectivity index is 1.67. The number of ether oxygens (including phenoxy) is 2. The molecule has 7 nitrogen and oxygen atoms in total. The number of hydrogen-bond acceptors (Lipinski definition) is 6. The van der Waals surface area contributed by atoms with Crippen LogP contribution in [0.3, 0.4) is 0 Å². The van der Waals surface area contributed by atoms with E-state index < -0.39 is 0 Å². The van der Waals surface area contributed by atoms with Crippen molar-refractivity contribution in [2.24, 2.45) is 0 Å². The number of thioether (sulfide) groups is 1. The van der Waals surface area contributed by atoms with Gasteiger partial charge in [0.1, 0.15) is 6.33 Å². The van der Waals surface area contributed by atoms with Crippen LogP contribution >= 0.6 is 23.4 Å². The summed E-state index contributed by atoms with van der Waals surface area (Å²) in [7, 11) is 1.61. The van der Waals surface area contributed by atoms with Crippen LogP contribution in [0.4, 0.5) is 0 Å². The maximum absolute atomic E-state index is 12.9. The molecule has 0 spiro atoms. The van der Waals surface area contributed by atoms with Crippen LogP contribution in [0, 0.1) is 6.92 Å². The molecule has 1 amide bonds. The Morgan fingerprint density at radius 3 is 2.69 bits per heavy atom. The first-order valence-electron chi connectivity index (χ1n) is 10.3. The van der Waals surface area contributed by atoms with E-state index in [2.05, 4.69) is 10.2 Å². The van der Waals surface area contributed by atoms with Gasteiger partial charge in [-0.2, -0.15) is 0 Å². The molecule has 3 rings (SSSR count). The van der Waals surface area contributed by atoms with E-state index in [1.807, 2.05) is 61.7 Å². The zero-order valence-corrected chi connectivity index (χ0v) is 20.2. The van der Waals surface area contributed by atoms with Crippen LogP contribution in [-0.2, 0) is 11.3 Å². The monoisotopic (exact) mass is 474 g/mol. The van der Waals surface area contributed by atoms with Crippen molar-refractivity contribution < 1.29 is 14.3 Å². The number of aryl methyl sites for hydroxylation is 1. The molecule has 32 heavy (non-hydrogen) atoms. The minimum absolute atomic E-state index is 0.0156. The van der Waals surface area contributed by atoms with Gasteiger partial charge in [-0.1, -0.05) is 35.5 Å². The van der Waals surface area contributed by atoms with Crippen LogP contribution < -0.4 is 9.47 Å². The van der Waals surface area contributed by atoms with Gasteiger partial charge in [0.05, 0.1) is 25.2 Å². The van der Waals surface area contributed by atoms with E-state index in [4.69, 9.17) is 21.1 Å². The van der Waals surface area contributed by atoms with E-state index in [1.54, 1.807) is 18.3 Å². The van der Waals surface area contributed by atoms with Gasteiger partial charge in [-0.05, 0) is 56.2 Å². The molecule has 1 aromatic heterocycles. The van der Waals surface area contributed by atoms with Crippen LogP contribution in [0.25, 0.3) is 5.69 Å². The van der Waals surface area contributed by atoms with E-state index in [9.17, 15) is 4.79 Å². The maximum atomic E-state index is 12.9. The first kappa shape index (κ1) is 23.9. The second-order valence-electron chi connectivity index (χ2n) is 7.03. The van der Waals surface area contributed by atoms with Gasteiger partial charge >= 0.3 is 0 Å². The summed E-state index contributed by atoms with van der Waals surface area (Å²) in [5.41, 5.74) is 2.83. The van der Waals surface area contributed by atoms with Gasteiger partial charge in [-0.3, -0.25) is 9.36 Å². The Morgan fingerprint density at radius 1 is 1.19 bits per heavy atom. The molecule has 0 aliphatic heterocycles. The SMILES string of the molecule is CCOc1ccc(CN(CC)C(=O)CSc2nncn2-c2ccc(C)c(Cl)c2)cc1OC. The third-order valence-corrected chi connectivity index (χ3v) is 6.25. The minimum Gasteiger partial charge on any atom is -0.493 e. The van der Waals surface area contributed by atoms with Crippen LogP contribution in [-0.4, -0.2) is 51.6 Å². The lowest BCUT2D eigenvalue weighted by Gasteiger charge is -2.21. The van der Waals surface area contributed by atoms with Crippen molar-refractivity contribution in [3.63, 3.8) is 0 Å². The van der Waals surface area contributed by atoms with Gasteiger partial charge in [-0.15, -0.1) is 10.2 Å². The quantitative estimate of drug-likeness (QED) is 0.394. The Kier molecular flexibility index (Phi) is 8.41. The topological polar surface area (TPSA) is 69.5 Å². The molecular weight excluding hydrogens is 448 g/mol. The molecule has 0 aliphatic rings. The predicted molar refractivity (Wildman–Crippen MR) is 127 cm³/mol. The highest BCUT2D eigenvalue weighted by molar-refractivity contribution is 7.99. The lowest BCUT2D eigenvalue weighted by Crippen LogP contribution is -2.31. The largest absolute Gasteiger partial charge is 0.493 e. The molecule has 0 radical (unpaired) electrons. The third-order valence-electron chi connectivity index (χ3n) is 4.91. The number of carbonyl (C=O) groups is 1. The first-order chi connectivity index (χ1) is 15.5. The number of carbonyl (C=O) groups excluding carboxylic acids is 1. The van der Waals surface area contributed by atoms with Gasteiger partial charge in [0.25, 0.3) is 0 Å². The van der Waals surface area contributed by atoms with Crippen LogP contribution in [0.1, 0.15) is 25.0 Å². The summed E-state index contributed by atoms with van der Waals surface area (Å²) in [5, 5.41) is 9.48. The van der Waals surface area contributed by atoms with Crippen LogP contribution in [0.15, 0.2) is 47.9 Å². The zero-order valence-electron chi connectivity index (χ0n) is 18.7. The van der Waals surface area contributed by atoms with Crippen LogP contribution in [0.5, 0.6) is 11.5 Å². The Bertz CT molecular complexity index is 1070. The summed E-state index contributed by atoms with van der Waals surface area (Å²) >= 11 is 7.61. The Labute approximate surface area is 197 Å². The molecule has 0 aliphatic carbocycles. The standard InChI is InChI=1S/C23H27ClN4O3S/c1-5-27(13-17-8-10-20(31-6-2)21(11-17)30-4)22(29)14-32-23-26-25-15-28(23)18-9-7-16(3)19(24)12-18/h7-12,15H,5-6,13-14H2,1-4H3.